The Morgan fingerprint density at radius 1 is 1.26 bits per heavy atom. The van der Waals surface area contributed by atoms with Crippen molar-refractivity contribution < 1.29 is 19.1 Å². The number of esters is 2. The topological polar surface area (TPSA) is 77.5 Å². The standard InChI is InChI=1S/C13H18N2O4/c1-3-18-12(16)9-10(13(17)19-4-2)15-11-7-5-6-8-14-11/h5-8,10H,3-4,9H2,1-2H3,(H,14,15). The summed E-state index contributed by atoms with van der Waals surface area (Å²) in [7, 11) is 0. The van der Waals surface area contributed by atoms with Gasteiger partial charge < -0.3 is 14.8 Å². The molecule has 19 heavy (non-hydrogen) atoms. The van der Waals surface area contributed by atoms with E-state index in [9.17, 15) is 9.59 Å². The van der Waals surface area contributed by atoms with Gasteiger partial charge in [-0.3, -0.25) is 4.79 Å². The number of carbonyl (C=O) groups is 2. The highest BCUT2D eigenvalue weighted by atomic mass is 16.5. The molecule has 1 heterocycles. The summed E-state index contributed by atoms with van der Waals surface area (Å²) >= 11 is 0. The molecule has 104 valence electrons. The van der Waals surface area contributed by atoms with Crippen LogP contribution in [0.3, 0.4) is 0 Å². The van der Waals surface area contributed by atoms with Crippen LogP contribution < -0.4 is 5.32 Å². The second-order valence-electron chi connectivity index (χ2n) is 3.67. The van der Waals surface area contributed by atoms with Crippen LogP contribution in [0.2, 0.25) is 0 Å². The molecule has 0 fully saturated rings. The molecular formula is C13H18N2O4. The minimum absolute atomic E-state index is 0.0940. The molecule has 0 aliphatic carbocycles. The van der Waals surface area contributed by atoms with E-state index >= 15 is 0 Å². The normalized spacial score (nSPS) is 11.5. The number of hydrogen-bond acceptors (Lipinski definition) is 6. The van der Waals surface area contributed by atoms with Gasteiger partial charge in [-0.25, -0.2) is 9.78 Å². The van der Waals surface area contributed by atoms with Gasteiger partial charge in [0.25, 0.3) is 0 Å². The van der Waals surface area contributed by atoms with Crippen LogP contribution in [0.15, 0.2) is 24.4 Å². The lowest BCUT2D eigenvalue weighted by Crippen LogP contribution is -2.34. The lowest BCUT2D eigenvalue weighted by atomic mass is 10.2. The van der Waals surface area contributed by atoms with Crippen LogP contribution in [0, 0.1) is 0 Å². The molecule has 0 aliphatic heterocycles. The Kier molecular flexibility index (Phi) is 6.35. The largest absolute Gasteiger partial charge is 0.466 e. The number of ether oxygens (including phenoxy) is 2. The van der Waals surface area contributed by atoms with Gasteiger partial charge in [-0.1, -0.05) is 6.07 Å². The van der Waals surface area contributed by atoms with Gasteiger partial charge in [0.1, 0.15) is 11.9 Å². The monoisotopic (exact) mass is 266 g/mol. The molecule has 6 heteroatoms. The summed E-state index contributed by atoms with van der Waals surface area (Å²) in [5.74, 6) is -0.449. The Hall–Kier alpha value is -2.11. The van der Waals surface area contributed by atoms with Gasteiger partial charge in [-0.15, -0.1) is 0 Å². The van der Waals surface area contributed by atoms with Gasteiger partial charge in [-0.05, 0) is 26.0 Å². The van der Waals surface area contributed by atoms with E-state index in [4.69, 9.17) is 9.47 Å². The third-order valence-corrected chi connectivity index (χ3v) is 2.23. The number of anilines is 1. The lowest BCUT2D eigenvalue weighted by Gasteiger charge is -2.16. The first-order valence-corrected chi connectivity index (χ1v) is 6.17. The maximum Gasteiger partial charge on any atom is 0.329 e. The Labute approximate surface area is 112 Å². The van der Waals surface area contributed by atoms with E-state index in [-0.39, 0.29) is 19.6 Å². The number of pyridine rings is 1. The summed E-state index contributed by atoms with van der Waals surface area (Å²) in [6.45, 7) is 3.95. The summed E-state index contributed by atoms with van der Waals surface area (Å²) in [6, 6.07) is 4.45. The van der Waals surface area contributed by atoms with Crippen molar-refractivity contribution in [1.82, 2.24) is 4.98 Å². The van der Waals surface area contributed by atoms with E-state index in [0.717, 1.165) is 0 Å². The fourth-order valence-corrected chi connectivity index (χ4v) is 1.45. The molecule has 6 nitrogen and oxygen atoms in total. The molecule has 1 rings (SSSR count). The number of carbonyl (C=O) groups excluding carboxylic acids is 2. The lowest BCUT2D eigenvalue weighted by molar-refractivity contribution is -0.150. The number of aromatic nitrogens is 1. The predicted octanol–water partition coefficient (Wildman–Crippen LogP) is 1.38. The molecule has 0 radical (unpaired) electrons. The molecule has 0 aliphatic rings. The highest BCUT2D eigenvalue weighted by molar-refractivity contribution is 5.85. The zero-order chi connectivity index (χ0) is 14.1. The van der Waals surface area contributed by atoms with Crippen LogP contribution in [-0.4, -0.2) is 36.2 Å². The summed E-state index contributed by atoms with van der Waals surface area (Å²) in [5.41, 5.74) is 0. The number of hydrogen-bond donors (Lipinski definition) is 1. The molecule has 0 spiro atoms. The number of nitrogens with one attached hydrogen (secondary N) is 1. The molecule has 1 aromatic rings. The Bertz CT molecular complexity index is 408. The highest BCUT2D eigenvalue weighted by Gasteiger charge is 2.24. The van der Waals surface area contributed by atoms with Crippen molar-refractivity contribution in [2.75, 3.05) is 18.5 Å². The number of rotatable bonds is 7. The quantitative estimate of drug-likeness (QED) is 0.751. The Balaban J connectivity index is 2.69. The first-order chi connectivity index (χ1) is 9.17. The van der Waals surface area contributed by atoms with E-state index in [1.54, 1.807) is 38.2 Å². The van der Waals surface area contributed by atoms with E-state index < -0.39 is 18.0 Å². The van der Waals surface area contributed by atoms with E-state index in [0.29, 0.717) is 5.82 Å². The summed E-state index contributed by atoms with van der Waals surface area (Å²) in [5, 5.41) is 2.87. The third kappa shape index (κ3) is 5.37. The molecule has 0 aromatic carbocycles. The van der Waals surface area contributed by atoms with Crippen LogP contribution in [-0.2, 0) is 19.1 Å². The molecule has 1 unspecified atom stereocenters. The van der Waals surface area contributed by atoms with E-state index in [1.165, 1.54) is 0 Å². The van der Waals surface area contributed by atoms with Gasteiger partial charge in [0, 0.05) is 6.20 Å². The maximum absolute atomic E-state index is 11.8. The van der Waals surface area contributed by atoms with Crippen molar-refractivity contribution >= 4 is 17.8 Å². The Morgan fingerprint density at radius 2 is 2.00 bits per heavy atom. The summed E-state index contributed by atoms with van der Waals surface area (Å²) < 4.78 is 9.75. The molecule has 0 amide bonds. The molecule has 0 saturated carbocycles. The predicted molar refractivity (Wildman–Crippen MR) is 69.5 cm³/mol. The van der Waals surface area contributed by atoms with Gasteiger partial charge in [0.15, 0.2) is 0 Å². The first-order valence-electron chi connectivity index (χ1n) is 6.17. The SMILES string of the molecule is CCOC(=O)CC(Nc1ccccn1)C(=O)OCC. The molecular weight excluding hydrogens is 248 g/mol. The van der Waals surface area contributed by atoms with Crippen molar-refractivity contribution in [2.45, 2.75) is 26.3 Å². The fraction of sp³-hybridized carbons (Fsp3) is 0.462. The minimum atomic E-state index is -0.797. The van der Waals surface area contributed by atoms with Crippen LogP contribution in [0.4, 0.5) is 5.82 Å². The molecule has 1 aromatic heterocycles. The second kappa shape index (κ2) is 8.07. The average Bonchev–Trinajstić information content (AvgIpc) is 2.40. The van der Waals surface area contributed by atoms with Crippen molar-refractivity contribution in [1.29, 1.82) is 0 Å². The Morgan fingerprint density at radius 3 is 2.58 bits per heavy atom. The summed E-state index contributed by atoms with van der Waals surface area (Å²) in [4.78, 5) is 27.3. The molecule has 1 N–H and O–H groups in total. The van der Waals surface area contributed by atoms with Crippen LogP contribution in [0.1, 0.15) is 20.3 Å². The minimum Gasteiger partial charge on any atom is -0.466 e. The van der Waals surface area contributed by atoms with Crippen LogP contribution >= 0.6 is 0 Å². The smallest absolute Gasteiger partial charge is 0.329 e. The van der Waals surface area contributed by atoms with Gasteiger partial charge in [-0.2, -0.15) is 0 Å². The van der Waals surface area contributed by atoms with Crippen LogP contribution in [0.25, 0.3) is 0 Å². The fourth-order valence-electron chi connectivity index (χ4n) is 1.45. The van der Waals surface area contributed by atoms with Gasteiger partial charge in [0.2, 0.25) is 0 Å². The average molecular weight is 266 g/mol. The second-order valence-corrected chi connectivity index (χ2v) is 3.67. The maximum atomic E-state index is 11.8. The highest BCUT2D eigenvalue weighted by Crippen LogP contribution is 2.08. The van der Waals surface area contributed by atoms with Gasteiger partial charge in [0.05, 0.1) is 19.6 Å². The third-order valence-electron chi connectivity index (χ3n) is 2.23. The van der Waals surface area contributed by atoms with Gasteiger partial charge >= 0.3 is 11.9 Å². The van der Waals surface area contributed by atoms with Crippen LogP contribution in [0.5, 0.6) is 0 Å². The van der Waals surface area contributed by atoms with Crippen molar-refractivity contribution in [2.24, 2.45) is 0 Å². The molecule has 0 saturated heterocycles. The molecule has 1 atom stereocenters. The van der Waals surface area contributed by atoms with E-state index in [2.05, 4.69) is 10.3 Å². The van der Waals surface area contributed by atoms with Crippen molar-refractivity contribution in [3.63, 3.8) is 0 Å². The molecule has 0 bridgehead atoms. The zero-order valence-electron chi connectivity index (χ0n) is 11.1. The van der Waals surface area contributed by atoms with Crippen molar-refractivity contribution in [3.8, 4) is 0 Å². The van der Waals surface area contributed by atoms with E-state index in [1.807, 2.05) is 0 Å². The summed E-state index contributed by atoms with van der Waals surface area (Å²) in [6.07, 6.45) is 1.50. The number of nitrogens with zero attached hydrogens (tertiary/aromatic N) is 1. The zero-order valence-corrected chi connectivity index (χ0v) is 11.1. The van der Waals surface area contributed by atoms with Crippen molar-refractivity contribution in [3.05, 3.63) is 24.4 Å². The first kappa shape index (κ1) is 14.9.